The molecule has 4 nitrogen and oxygen atoms in total. The SMILES string of the molecule is Cn1cncc1C(=O)NC1(CCl)CC1. The molecule has 0 spiro atoms. The molecule has 14 heavy (non-hydrogen) atoms. The summed E-state index contributed by atoms with van der Waals surface area (Å²) in [5, 5.41) is 2.93. The first-order chi connectivity index (χ1) is 6.67. The van der Waals surface area contributed by atoms with E-state index in [-0.39, 0.29) is 11.4 Å². The predicted molar refractivity (Wildman–Crippen MR) is 53.4 cm³/mol. The van der Waals surface area contributed by atoms with Gasteiger partial charge in [0, 0.05) is 12.9 Å². The molecule has 0 aliphatic heterocycles. The number of nitrogens with zero attached hydrogens (tertiary/aromatic N) is 2. The highest BCUT2D eigenvalue weighted by atomic mass is 35.5. The van der Waals surface area contributed by atoms with Crippen molar-refractivity contribution in [2.75, 3.05) is 5.88 Å². The van der Waals surface area contributed by atoms with Gasteiger partial charge < -0.3 is 9.88 Å². The van der Waals surface area contributed by atoms with Crippen LogP contribution >= 0.6 is 11.6 Å². The second-order valence-electron chi connectivity index (χ2n) is 3.76. The molecule has 1 aromatic rings. The Bertz CT molecular complexity index is 357. The maximum Gasteiger partial charge on any atom is 0.270 e. The van der Waals surface area contributed by atoms with Gasteiger partial charge >= 0.3 is 0 Å². The first kappa shape index (κ1) is 9.52. The van der Waals surface area contributed by atoms with E-state index in [1.807, 2.05) is 0 Å². The van der Waals surface area contributed by atoms with Crippen molar-refractivity contribution in [3.63, 3.8) is 0 Å². The van der Waals surface area contributed by atoms with E-state index in [2.05, 4.69) is 10.3 Å². The van der Waals surface area contributed by atoms with Crippen LogP contribution in [-0.2, 0) is 7.05 Å². The number of rotatable bonds is 3. The third kappa shape index (κ3) is 1.62. The average molecular weight is 214 g/mol. The van der Waals surface area contributed by atoms with Crippen molar-refractivity contribution in [1.29, 1.82) is 0 Å². The van der Waals surface area contributed by atoms with Gasteiger partial charge in [-0.3, -0.25) is 4.79 Å². The molecule has 1 amide bonds. The van der Waals surface area contributed by atoms with Crippen LogP contribution in [0.5, 0.6) is 0 Å². The smallest absolute Gasteiger partial charge is 0.270 e. The van der Waals surface area contributed by atoms with Gasteiger partial charge in [0.05, 0.1) is 18.1 Å². The van der Waals surface area contributed by atoms with Crippen LogP contribution in [0.2, 0.25) is 0 Å². The van der Waals surface area contributed by atoms with E-state index in [1.165, 1.54) is 0 Å². The monoisotopic (exact) mass is 213 g/mol. The Morgan fingerprint density at radius 1 is 1.79 bits per heavy atom. The zero-order valence-electron chi connectivity index (χ0n) is 7.96. The van der Waals surface area contributed by atoms with Crippen molar-refractivity contribution in [3.8, 4) is 0 Å². The highest BCUT2D eigenvalue weighted by Crippen LogP contribution is 2.36. The molecule has 1 N–H and O–H groups in total. The van der Waals surface area contributed by atoms with Crippen LogP contribution in [-0.4, -0.2) is 26.9 Å². The lowest BCUT2D eigenvalue weighted by atomic mass is 10.3. The first-order valence-electron chi connectivity index (χ1n) is 4.52. The van der Waals surface area contributed by atoms with Crippen molar-refractivity contribution in [2.45, 2.75) is 18.4 Å². The summed E-state index contributed by atoms with van der Waals surface area (Å²) in [7, 11) is 1.79. The normalized spacial score (nSPS) is 17.9. The van der Waals surface area contributed by atoms with E-state index in [4.69, 9.17) is 11.6 Å². The molecule has 0 radical (unpaired) electrons. The van der Waals surface area contributed by atoms with Gasteiger partial charge in [0.1, 0.15) is 5.69 Å². The molecular formula is C9H12ClN3O. The first-order valence-corrected chi connectivity index (χ1v) is 5.05. The lowest BCUT2D eigenvalue weighted by Crippen LogP contribution is -2.38. The van der Waals surface area contributed by atoms with Gasteiger partial charge in [0.25, 0.3) is 5.91 Å². The van der Waals surface area contributed by atoms with Gasteiger partial charge in [-0.1, -0.05) is 0 Å². The van der Waals surface area contributed by atoms with E-state index < -0.39 is 0 Å². The molecule has 1 saturated carbocycles. The van der Waals surface area contributed by atoms with Gasteiger partial charge in [-0.25, -0.2) is 4.98 Å². The van der Waals surface area contributed by atoms with Crippen molar-refractivity contribution < 1.29 is 4.79 Å². The van der Waals surface area contributed by atoms with E-state index >= 15 is 0 Å². The zero-order chi connectivity index (χ0) is 10.2. The lowest BCUT2D eigenvalue weighted by Gasteiger charge is -2.13. The minimum Gasteiger partial charge on any atom is -0.344 e. The number of aryl methyl sites for hydroxylation is 1. The van der Waals surface area contributed by atoms with Crippen molar-refractivity contribution in [2.24, 2.45) is 7.05 Å². The molecule has 76 valence electrons. The summed E-state index contributed by atoms with van der Waals surface area (Å²) in [6.07, 6.45) is 5.11. The van der Waals surface area contributed by atoms with Crippen LogP contribution in [0.4, 0.5) is 0 Å². The van der Waals surface area contributed by atoms with Crippen LogP contribution < -0.4 is 5.32 Å². The number of hydrogen-bond acceptors (Lipinski definition) is 2. The topological polar surface area (TPSA) is 46.9 Å². The molecule has 0 bridgehead atoms. The Hall–Kier alpha value is -1.03. The molecule has 1 aliphatic rings. The van der Waals surface area contributed by atoms with Gasteiger partial charge in [-0.05, 0) is 12.8 Å². The Labute approximate surface area is 87.3 Å². The maximum absolute atomic E-state index is 11.7. The number of carbonyl (C=O) groups is 1. The molecule has 0 aromatic carbocycles. The molecule has 1 aromatic heterocycles. The van der Waals surface area contributed by atoms with Gasteiger partial charge in [0.15, 0.2) is 0 Å². The fourth-order valence-electron chi connectivity index (χ4n) is 1.32. The number of alkyl halides is 1. The van der Waals surface area contributed by atoms with Crippen LogP contribution in [0, 0.1) is 0 Å². The summed E-state index contributed by atoms with van der Waals surface area (Å²) < 4.78 is 1.69. The minimum atomic E-state index is -0.150. The number of amides is 1. The van der Waals surface area contributed by atoms with Crippen molar-refractivity contribution in [3.05, 3.63) is 18.2 Å². The number of imidazole rings is 1. The van der Waals surface area contributed by atoms with Crippen LogP contribution in [0.1, 0.15) is 23.3 Å². The highest BCUT2D eigenvalue weighted by Gasteiger charge is 2.43. The summed E-state index contributed by atoms with van der Waals surface area (Å²) >= 11 is 5.76. The Morgan fingerprint density at radius 3 is 2.93 bits per heavy atom. The van der Waals surface area contributed by atoms with E-state index in [9.17, 15) is 4.79 Å². The lowest BCUT2D eigenvalue weighted by molar-refractivity contribution is 0.0928. The standard InChI is InChI=1S/C9H12ClN3O/c1-13-6-11-4-7(13)8(14)12-9(5-10)2-3-9/h4,6H,2-3,5H2,1H3,(H,12,14). The molecule has 0 saturated heterocycles. The van der Waals surface area contributed by atoms with Crippen LogP contribution in [0.25, 0.3) is 0 Å². The van der Waals surface area contributed by atoms with Crippen molar-refractivity contribution >= 4 is 17.5 Å². The molecule has 2 rings (SSSR count). The fourth-order valence-corrected chi connectivity index (χ4v) is 1.66. The number of hydrogen-bond donors (Lipinski definition) is 1. The van der Waals surface area contributed by atoms with Crippen LogP contribution in [0.15, 0.2) is 12.5 Å². The maximum atomic E-state index is 11.7. The number of carbonyl (C=O) groups excluding carboxylic acids is 1. The summed E-state index contributed by atoms with van der Waals surface area (Å²) in [5.41, 5.74) is 0.421. The molecule has 1 aliphatic carbocycles. The van der Waals surface area contributed by atoms with Gasteiger partial charge in [-0.2, -0.15) is 0 Å². The third-order valence-electron chi connectivity index (χ3n) is 2.54. The molecule has 5 heteroatoms. The summed E-state index contributed by atoms with van der Waals surface area (Å²) in [5.74, 6) is 0.388. The van der Waals surface area contributed by atoms with Gasteiger partial charge in [0.2, 0.25) is 0 Å². The number of nitrogens with one attached hydrogen (secondary N) is 1. The summed E-state index contributed by atoms with van der Waals surface area (Å²) in [4.78, 5) is 15.6. The number of aromatic nitrogens is 2. The largest absolute Gasteiger partial charge is 0.344 e. The highest BCUT2D eigenvalue weighted by molar-refractivity contribution is 6.19. The van der Waals surface area contributed by atoms with Gasteiger partial charge in [-0.15, -0.1) is 11.6 Å². The van der Waals surface area contributed by atoms with E-state index in [0.717, 1.165) is 12.8 Å². The predicted octanol–water partition coefficient (Wildman–Crippen LogP) is 0.921. The second-order valence-corrected chi connectivity index (χ2v) is 4.03. The summed E-state index contributed by atoms with van der Waals surface area (Å²) in [6, 6.07) is 0. The third-order valence-corrected chi connectivity index (χ3v) is 3.05. The Kier molecular flexibility index (Phi) is 2.23. The average Bonchev–Trinajstić information content (AvgIpc) is 2.80. The zero-order valence-corrected chi connectivity index (χ0v) is 8.71. The van der Waals surface area contributed by atoms with E-state index in [0.29, 0.717) is 11.6 Å². The van der Waals surface area contributed by atoms with Crippen molar-refractivity contribution in [1.82, 2.24) is 14.9 Å². The van der Waals surface area contributed by atoms with Crippen LogP contribution in [0.3, 0.4) is 0 Å². The van der Waals surface area contributed by atoms with E-state index in [1.54, 1.807) is 24.1 Å². The molecule has 0 unspecified atom stereocenters. The molecule has 0 atom stereocenters. The Balaban J connectivity index is 2.07. The second kappa shape index (κ2) is 3.28. The molecule has 1 heterocycles. The fraction of sp³-hybridized carbons (Fsp3) is 0.556. The molecular weight excluding hydrogens is 202 g/mol. The summed E-state index contributed by atoms with van der Waals surface area (Å²) in [6.45, 7) is 0. The quantitative estimate of drug-likeness (QED) is 0.760. The number of halogens is 1. The Morgan fingerprint density at radius 2 is 2.50 bits per heavy atom. The molecule has 1 fully saturated rings. The minimum absolute atomic E-state index is 0.0943.